The Morgan fingerprint density at radius 1 is 1.03 bits per heavy atom. The zero-order valence-corrected chi connectivity index (χ0v) is 18.0. The van der Waals surface area contributed by atoms with Gasteiger partial charge >= 0.3 is 0 Å². The van der Waals surface area contributed by atoms with Gasteiger partial charge in [0.25, 0.3) is 5.91 Å². The number of nitrogens with one attached hydrogen (secondary N) is 1. The summed E-state index contributed by atoms with van der Waals surface area (Å²) in [6.45, 7) is 1.23. The number of hydrogen-bond acceptors (Lipinski definition) is 5. The van der Waals surface area contributed by atoms with Crippen LogP contribution in [0, 0.1) is 0 Å². The monoisotopic (exact) mass is 445 g/mol. The van der Waals surface area contributed by atoms with E-state index in [2.05, 4.69) is 5.32 Å². The summed E-state index contributed by atoms with van der Waals surface area (Å²) < 4.78 is 26.9. The Morgan fingerprint density at radius 2 is 1.77 bits per heavy atom. The number of carbonyl (C=O) groups is 2. The fourth-order valence-corrected chi connectivity index (χ4v) is 6.03. The van der Waals surface area contributed by atoms with E-state index in [1.807, 2.05) is 24.3 Å². The molecule has 0 aromatic heterocycles. The number of rotatable bonds is 4. The predicted octanol–water partition coefficient (Wildman–Crippen LogP) is 2.41. The van der Waals surface area contributed by atoms with E-state index >= 15 is 0 Å². The number of carbonyl (C=O) groups excluding carboxylic acids is 2. The summed E-state index contributed by atoms with van der Waals surface area (Å²) in [5.74, 6) is 0.472. The topological polar surface area (TPSA) is 86.8 Å². The van der Waals surface area contributed by atoms with E-state index in [9.17, 15) is 18.0 Å². The zero-order chi connectivity index (χ0) is 21.1. The number of piperazine rings is 1. The molecule has 4 rings (SSSR count). The van der Waals surface area contributed by atoms with Crippen molar-refractivity contribution in [3.05, 3.63) is 59.7 Å². The van der Waals surface area contributed by atoms with Crippen molar-refractivity contribution in [2.24, 2.45) is 0 Å². The van der Waals surface area contributed by atoms with Crippen LogP contribution in [0.15, 0.2) is 53.4 Å². The fourth-order valence-electron chi connectivity index (χ4n) is 3.58. The van der Waals surface area contributed by atoms with Gasteiger partial charge in [-0.25, -0.2) is 8.42 Å². The number of fused-ring (bicyclic) bond motifs is 1. The van der Waals surface area contributed by atoms with E-state index in [4.69, 9.17) is 0 Å². The molecule has 9 heteroatoms. The van der Waals surface area contributed by atoms with Crippen molar-refractivity contribution in [2.45, 2.75) is 17.1 Å². The molecule has 1 N–H and O–H groups in total. The van der Waals surface area contributed by atoms with Gasteiger partial charge in [-0.2, -0.15) is 4.31 Å². The summed E-state index contributed by atoms with van der Waals surface area (Å²) in [4.78, 5) is 27.4. The number of thioether (sulfide) groups is 1. The van der Waals surface area contributed by atoms with Crippen LogP contribution in [-0.2, 0) is 20.6 Å². The highest BCUT2D eigenvalue weighted by Crippen LogP contribution is 2.32. The second-order valence-corrected chi connectivity index (χ2v) is 10.4. The molecule has 158 valence electrons. The van der Waals surface area contributed by atoms with Gasteiger partial charge in [0.1, 0.15) is 0 Å². The molecule has 0 aliphatic carbocycles. The van der Waals surface area contributed by atoms with E-state index in [0.717, 1.165) is 10.5 Å². The molecule has 0 radical (unpaired) electrons. The van der Waals surface area contributed by atoms with Crippen LogP contribution >= 0.6 is 11.8 Å². The third-order valence-electron chi connectivity index (χ3n) is 5.20. The van der Waals surface area contributed by atoms with Gasteiger partial charge in [-0.15, -0.1) is 11.8 Å². The quantitative estimate of drug-likeness (QED) is 0.781. The molecule has 7 nitrogen and oxygen atoms in total. The van der Waals surface area contributed by atoms with Crippen molar-refractivity contribution < 1.29 is 18.0 Å². The minimum atomic E-state index is -3.43. The second-order valence-electron chi connectivity index (χ2n) is 7.29. The van der Waals surface area contributed by atoms with Crippen LogP contribution in [0.25, 0.3) is 0 Å². The minimum absolute atomic E-state index is 0.0377. The van der Waals surface area contributed by atoms with Crippen LogP contribution in [0.2, 0.25) is 0 Å². The van der Waals surface area contributed by atoms with E-state index in [1.165, 1.54) is 4.31 Å². The molecule has 0 unspecified atom stereocenters. The summed E-state index contributed by atoms with van der Waals surface area (Å²) in [7, 11) is -3.43. The first-order valence-electron chi connectivity index (χ1n) is 9.80. The van der Waals surface area contributed by atoms with Crippen molar-refractivity contribution in [2.75, 3.05) is 37.2 Å². The molecular formula is C21H23N3O4S2. The van der Waals surface area contributed by atoms with Crippen molar-refractivity contribution in [1.29, 1.82) is 0 Å². The Balaban J connectivity index is 1.40. The molecule has 0 atom stereocenters. The molecule has 2 amide bonds. The number of anilines is 1. The van der Waals surface area contributed by atoms with Gasteiger partial charge in [-0.1, -0.05) is 30.3 Å². The maximum Gasteiger partial charge on any atom is 0.254 e. The summed E-state index contributed by atoms with van der Waals surface area (Å²) in [6.07, 6.45) is 0.446. The maximum atomic E-state index is 12.9. The summed E-state index contributed by atoms with van der Waals surface area (Å²) in [6, 6.07) is 14.4. The first-order chi connectivity index (χ1) is 14.4. The smallest absolute Gasteiger partial charge is 0.254 e. The lowest BCUT2D eigenvalue weighted by Gasteiger charge is -2.34. The van der Waals surface area contributed by atoms with Crippen LogP contribution in [0.3, 0.4) is 0 Å². The maximum absolute atomic E-state index is 12.9. The van der Waals surface area contributed by atoms with Gasteiger partial charge in [0.2, 0.25) is 15.9 Å². The van der Waals surface area contributed by atoms with E-state index < -0.39 is 10.0 Å². The Kier molecular flexibility index (Phi) is 6.12. The van der Waals surface area contributed by atoms with Crippen LogP contribution in [-0.4, -0.2) is 61.4 Å². The Morgan fingerprint density at radius 3 is 2.50 bits per heavy atom. The van der Waals surface area contributed by atoms with Crippen LogP contribution in [0.5, 0.6) is 0 Å². The first kappa shape index (κ1) is 20.9. The molecular weight excluding hydrogens is 422 g/mol. The lowest BCUT2D eigenvalue weighted by atomic mass is 10.1. The number of benzene rings is 2. The number of hydrogen-bond donors (Lipinski definition) is 1. The predicted molar refractivity (Wildman–Crippen MR) is 117 cm³/mol. The minimum Gasteiger partial charge on any atom is -0.336 e. The van der Waals surface area contributed by atoms with Crippen molar-refractivity contribution in [1.82, 2.24) is 9.21 Å². The molecule has 30 heavy (non-hydrogen) atoms. The zero-order valence-electron chi connectivity index (χ0n) is 16.4. The van der Waals surface area contributed by atoms with Gasteiger partial charge < -0.3 is 10.2 Å². The Labute approximate surface area is 180 Å². The number of nitrogens with zero attached hydrogens (tertiary/aromatic N) is 2. The Hall–Kier alpha value is -2.36. The van der Waals surface area contributed by atoms with Crippen LogP contribution < -0.4 is 5.32 Å². The van der Waals surface area contributed by atoms with Crippen LogP contribution in [0.1, 0.15) is 22.3 Å². The third-order valence-corrected chi connectivity index (χ3v) is 8.12. The summed E-state index contributed by atoms with van der Waals surface area (Å²) in [5, 5.41) is 2.85. The van der Waals surface area contributed by atoms with E-state index in [-0.39, 0.29) is 30.7 Å². The summed E-state index contributed by atoms with van der Waals surface area (Å²) >= 11 is 1.59. The average molecular weight is 446 g/mol. The van der Waals surface area contributed by atoms with E-state index in [1.54, 1.807) is 40.9 Å². The second kappa shape index (κ2) is 8.79. The average Bonchev–Trinajstić information content (AvgIpc) is 2.93. The van der Waals surface area contributed by atoms with Crippen molar-refractivity contribution in [3.8, 4) is 0 Å². The van der Waals surface area contributed by atoms with Gasteiger partial charge in [-0.05, 0) is 23.8 Å². The van der Waals surface area contributed by atoms with Gasteiger partial charge in [0.15, 0.2) is 0 Å². The molecule has 2 aliphatic heterocycles. The molecule has 2 aromatic carbocycles. The molecule has 1 saturated heterocycles. The highest BCUT2D eigenvalue weighted by Gasteiger charge is 2.29. The molecule has 0 saturated carbocycles. The molecule has 2 aromatic rings. The molecule has 2 aliphatic rings. The normalized spacial score (nSPS) is 17.7. The summed E-state index contributed by atoms with van der Waals surface area (Å²) in [5.41, 5.74) is 1.91. The highest BCUT2D eigenvalue weighted by molar-refractivity contribution is 7.99. The lowest BCUT2D eigenvalue weighted by Crippen LogP contribution is -2.50. The van der Waals surface area contributed by atoms with E-state index in [0.29, 0.717) is 36.5 Å². The van der Waals surface area contributed by atoms with Gasteiger partial charge in [0.05, 0.1) is 11.4 Å². The fraction of sp³-hybridized carbons (Fsp3) is 0.333. The molecule has 0 bridgehead atoms. The number of amides is 2. The lowest BCUT2D eigenvalue weighted by molar-refractivity contribution is -0.115. The molecule has 0 spiro atoms. The highest BCUT2D eigenvalue weighted by atomic mass is 32.2. The molecule has 1 fully saturated rings. The standard InChI is InChI=1S/C21H23N3O4S2/c25-20-8-13-29-19-7-6-17(14-18(19)22-20)21(26)23-9-11-24(12-10-23)30(27,28)15-16-4-2-1-3-5-16/h1-7,14H,8-13,15H2,(H,22,25). The first-order valence-corrected chi connectivity index (χ1v) is 12.4. The van der Waals surface area contributed by atoms with Gasteiger partial charge in [0, 0.05) is 48.8 Å². The Bertz CT molecular complexity index is 1050. The van der Waals surface area contributed by atoms with Crippen molar-refractivity contribution in [3.63, 3.8) is 0 Å². The number of sulfonamides is 1. The third kappa shape index (κ3) is 4.69. The molecule has 2 heterocycles. The van der Waals surface area contributed by atoms with Crippen molar-refractivity contribution >= 4 is 39.3 Å². The largest absolute Gasteiger partial charge is 0.336 e. The SMILES string of the molecule is O=C1CCSc2ccc(C(=O)N3CCN(S(=O)(=O)Cc4ccccc4)CC3)cc2N1. The van der Waals surface area contributed by atoms with Crippen LogP contribution in [0.4, 0.5) is 5.69 Å². The van der Waals surface area contributed by atoms with Gasteiger partial charge in [-0.3, -0.25) is 9.59 Å².